The first-order valence-corrected chi connectivity index (χ1v) is 8.70. The predicted molar refractivity (Wildman–Crippen MR) is 103 cm³/mol. The first-order chi connectivity index (χ1) is 12.7. The van der Waals surface area contributed by atoms with Crippen LogP contribution < -0.4 is 21.3 Å². The molecule has 8 nitrogen and oxygen atoms in total. The number of hydrogen-bond donors (Lipinski definition) is 5. The molecular weight excluding hydrogens is 330 g/mol. The number of aromatic nitrogens is 3. The molecule has 2 amide bonds. The van der Waals surface area contributed by atoms with E-state index in [1.807, 2.05) is 19.1 Å². The molecule has 0 aliphatic carbocycles. The Morgan fingerprint density at radius 2 is 2.23 bits per heavy atom. The minimum atomic E-state index is -0.269. The van der Waals surface area contributed by atoms with Crippen LogP contribution in [0.4, 0.5) is 22.1 Å². The van der Waals surface area contributed by atoms with E-state index in [0.29, 0.717) is 12.4 Å². The van der Waals surface area contributed by atoms with Crippen molar-refractivity contribution in [3.63, 3.8) is 0 Å². The van der Waals surface area contributed by atoms with Gasteiger partial charge in [0, 0.05) is 31.0 Å². The van der Waals surface area contributed by atoms with E-state index in [1.165, 1.54) is 5.56 Å². The van der Waals surface area contributed by atoms with E-state index in [1.54, 1.807) is 12.3 Å². The van der Waals surface area contributed by atoms with Gasteiger partial charge in [-0.05, 0) is 25.0 Å². The van der Waals surface area contributed by atoms with Crippen LogP contribution in [-0.4, -0.2) is 40.3 Å². The number of benzene rings is 1. The number of para-hydroxylation sites is 1. The SMILES string of the molecule is CCNc1n[nH]c2cc(NC(=O)NC3CNc4ccccc4C3)ncc12. The zero-order chi connectivity index (χ0) is 17.9. The molecule has 1 atom stereocenters. The summed E-state index contributed by atoms with van der Waals surface area (Å²) in [4.78, 5) is 16.6. The lowest BCUT2D eigenvalue weighted by Crippen LogP contribution is -2.45. The number of anilines is 3. The van der Waals surface area contributed by atoms with Gasteiger partial charge in [0.1, 0.15) is 5.82 Å². The van der Waals surface area contributed by atoms with Crippen molar-refractivity contribution in [2.75, 3.05) is 29.0 Å². The van der Waals surface area contributed by atoms with Crippen LogP contribution in [0, 0.1) is 0 Å². The quantitative estimate of drug-likeness (QED) is 0.497. The molecule has 26 heavy (non-hydrogen) atoms. The van der Waals surface area contributed by atoms with E-state index in [0.717, 1.165) is 35.4 Å². The van der Waals surface area contributed by atoms with Crippen molar-refractivity contribution in [1.29, 1.82) is 0 Å². The number of amides is 2. The Kier molecular flexibility index (Phi) is 4.30. The Morgan fingerprint density at radius 1 is 1.35 bits per heavy atom. The van der Waals surface area contributed by atoms with Gasteiger partial charge in [-0.1, -0.05) is 18.2 Å². The molecule has 0 bridgehead atoms. The highest BCUT2D eigenvalue weighted by atomic mass is 16.2. The van der Waals surface area contributed by atoms with Gasteiger partial charge in [0.05, 0.1) is 16.9 Å². The summed E-state index contributed by atoms with van der Waals surface area (Å²) in [6.07, 6.45) is 2.50. The summed E-state index contributed by atoms with van der Waals surface area (Å²) in [5.74, 6) is 1.24. The third-order valence-electron chi connectivity index (χ3n) is 4.39. The Bertz CT molecular complexity index is 936. The molecule has 0 radical (unpaired) electrons. The largest absolute Gasteiger partial charge is 0.383 e. The van der Waals surface area contributed by atoms with Crippen molar-refractivity contribution in [3.8, 4) is 0 Å². The van der Waals surface area contributed by atoms with E-state index in [-0.39, 0.29) is 12.1 Å². The maximum absolute atomic E-state index is 12.3. The lowest BCUT2D eigenvalue weighted by molar-refractivity contribution is 0.248. The Labute approximate surface area is 150 Å². The number of nitrogens with one attached hydrogen (secondary N) is 5. The van der Waals surface area contributed by atoms with Crippen LogP contribution in [0.1, 0.15) is 12.5 Å². The van der Waals surface area contributed by atoms with Gasteiger partial charge >= 0.3 is 6.03 Å². The fourth-order valence-electron chi connectivity index (χ4n) is 3.16. The van der Waals surface area contributed by atoms with E-state index in [9.17, 15) is 4.79 Å². The molecule has 1 aliphatic rings. The second-order valence-electron chi connectivity index (χ2n) is 6.26. The van der Waals surface area contributed by atoms with Crippen molar-refractivity contribution in [2.24, 2.45) is 0 Å². The normalized spacial score (nSPS) is 15.8. The summed E-state index contributed by atoms with van der Waals surface area (Å²) < 4.78 is 0. The summed E-state index contributed by atoms with van der Waals surface area (Å²) in [5, 5.41) is 20.3. The van der Waals surface area contributed by atoms with Gasteiger partial charge in [-0.2, -0.15) is 5.10 Å². The minimum Gasteiger partial charge on any atom is -0.383 e. The van der Waals surface area contributed by atoms with Crippen LogP contribution in [0.3, 0.4) is 0 Å². The molecule has 0 spiro atoms. The number of nitrogens with zero attached hydrogens (tertiary/aromatic N) is 2. The lowest BCUT2D eigenvalue weighted by atomic mass is 10.00. The monoisotopic (exact) mass is 351 g/mol. The standard InChI is InChI=1S/C18H21N7O/c1-2-19-17-13-10-21-16(8-15(13)24-25-17)23-18(26)22-12-7-11-5-3-4-6-14(11)20-9-12/h3-6,8,10,12,20H,2,7,9H2,1H3,(H2,19,24,25)(H2,21,22,23,26). The number of hydrogen-bond acceptors (Lipinski definition) is 5. The van der Waals surface area contributed by atoms with Crippen molar-refractivity contribution in [1.82, 2.24) is 20.5 Å². The number of pyridine rings is 1. The number of carbonyl (C=O) groups excluding carboxylic acids is 1. The number of rotatable bonds is 4. The number of urea groups is 1. The molecule has 1 unspecified atom stereocenters. The highest BCUT2D eigenvalue weighted by Gasteiger charge is 2.19. The molecule has 5 N–H and O–H groups in total. The fraction of sp³-hybridized carbons (Fsp3) is 0.278. The molecule has 4 rings (SSSR count). The van der Waals surface area contributed by atoms with E-state index in [4.69, 9.17) is 0 Å². The average Bonchev–Trinajstić information content (AvgIpc) is 3.04. The molecule has 0 saturated heterocycles. The Morgan fingerprint density at radius 3 is 3.12 bits per heavy atom. The second kappa shape index (κ2) is 6.91. The maximum atomic E-state index is 12.3. The molecule has 3 heterocycles. The number of H-pyrrole nitrogens is 1. The molecule has 2 aromatic heterocycles. The van der Waals surface area contributed by atoms with Crippen LogP contribution >= 0.6 is 0 Å². The van der Waals surface area contributed by atoms with Crippen molar-refractivity contribution in [2.45, 2.75) is 19.4 Å². The topological polar surface area (TPSA) is 107 Å². The van der Waals surface area contributed by atoms with Crippen LogP contribution in [-0.2, 0) is 6.42 Å². The summed E-state index contributed by atoms with van der Waals surface area (Å²) in [6.45, 7) is 3.48. The van der Waals surface area contributed by atoms with Gasteiger partial charge in [0.2, 0.25) is 0 Å². The molecule has 0 saturated carbocycles. The molecule has 0 fully saturated rings. The van der Waals surface area contributed by atoms with E-state index >= 15 is 0 Å². The van der Waals surface area contributed by atoms with Crippen LogP contribution in [0.2, 0.25) is 0 Å². The zero-order valence-corrected chi connectivity index (χ0v) is 14.5. The van der Waals surface area contributed by atoms with Gasteiger partial charge in [-0.25, -0.2) is 9.78 Å². The van der Waals surface area contributed by atoms with Gasteiger partial charge in [0.15, 0.2) is 5.82 Å². The number of carbonyl (C=O) groups is 1. The van der Waals surface area contributed by atoms with E-state index < -0.39 is 0 Å². The summed E-state index contributed by atoms with van der Waals surface area (Å²) >= 11 is 0. The highest BCUT2D eigenvalue weighted by molar-refractivity contribution is 5.94. The van der Waals surface area contributed by atoms with Gasteiger partial charge in [0.25, 0.3) is 0 Å². The Hall–Kier alpha value is -3.29. The molecule has 1 aliphatic heterocycles. The first kappa shape index (κ1) is 16.2. The van der Waals surface area contributed by atoms with Gasteiger partial charge < -0.3 is 16.0 Å². The smallest absolute Gasteiger partial charge is 0.320 e. The predicted octanol–water partition coefficient (Wildman–Crippen LogP) is 2.55. The maximum Gasteiger partial charge on any atom is 0.320 e. The molecule has 3 aromatic rings. The van der Waals surface area contributed by atoms with Crippen LogP contribution in [0.15, 0.2) is 36.5 Å². The molecule has 8 heteroatoms. The van der Waals surface area contributed by atoms with Crippen molar-refractivity contribution in [3.05, 3.63) is 42.1 Å². The zero-order valence-electron chi connectivity index (χ0n) is 14.5. The van der Waals surface area contributed by atoms with Crippen LogP contribution in [0.5, 0.6) is 0 Å². The summed E-state index contributed by atoms with van der Waals surface area (Å²) in [5.41, 5.74) is 3.16. The number of aromatic amines is 1. The third-order valence-corrected chi connectivity index (χ3v) is 4.39. The Balaban J connectivity index is 1.40. The van der Waals surface area contributed by atoms with Gasteiger partial charge in [-0.15, -0.1) is 0 Å². The second-order valence-corrected chi connectivity index (χ2v) is 6.26. The third kappa shape index (κ3) is 3.26. The first-order valence-electron chi connectivity index (χ1n) is 8.70. The van der Waals surface area contributed by atoms with Crippen LogP contribution in [0.25, 0.3) is 10.9 Å². The molecule has 134 valence electrons. The highest BCUT2D eigenvalue weighted by Crippen LogP contribution is 2.22. The van der Waals surface area contributed by atoms with Gasteiger partial charge in [-0.3, -0.25) is 10.4 Å². The lowest BCUT2D eigenvalue weighted by Gasteiger charge is -2.26. The van der Waals surface area contributed by atoms with Crippen molar-refractivity contribution >= 4 is 34.3 Å². The van der Waals surface area contributed by atoms with E-state index in [2.05, 4.69) is 48.6 Å². The molecular formula is C18H21N7O. The summed E-state index contributed by atoms with van der Waals surface area (Å²) in [6, 6.07) is 9.67. The number of fused-ring (bicyclic) bond motifs is 2. The van der Waals surface area contributed by atoms with Crippen molar-refractivity contribution < 1.29 is 4.79 Å². The average molecular weight is 351 g/mol. The minimum absolute atomic E-state index is 0.0288. The fourth-order valence-corrected chi connectivity index (χ4v) is 3.16. The summed E-state index contributed by atoms with van der Waals surface area (Å²) in [7, 11) is 0. The molecule has 1 aromatic carbocycles.